The number of carbonyl (C=O) groups excluding carboxylic acids is 2. The van der Waals surface area contributed by atoms with Gasteiger partial charge < -0.3 is 14.2 Å². The Morgan fingerprint density at radius 2 is 1.63 bits per heavy atom. The molecule has 0 N–H and O–H groups in total. The summed E-state index contributed by atoms with van der Waals surface area (Å²) in [7, 11) is 2.61. The Morgan fingerprint density at radius 3 is 2.20 bits per heavy atom. The van der Waals surface area contributed by atoms with Crippen LogP contribution in [0.4, 0.5) is 36.8 Å². The van der Waals surface area contributed by atoms with E-state index >= 15 is 0 Å². The van der Waals surface area contributed by atoms with Crippen molar-refractivity contribution in [3.8, 4) is 16.9 Å². The highest BCUT2D eigenvalue weighted by Gasteiger charge is 2.44. The number of ether oxygens (including phenoxy) is 3. The second-order valence-electron chi connectivity index (χ2n) is 13.3. The fourth-order valence-corrected chi connectivity index (χ4v) is 6.68. The second-order valence-corrected chi connectivity index (χ2v) is 13.3. The van der Waals surface area contributed by atoms with E-state index in [1.807, 2.05) is 13.8 Å². The molecule has 2 atom stereocenters. The van der Waals surface area contributed by atoms with Gasteiger partial charge in [-0.25, -0.2) is 9.59 Å². The van der Waals surface area contributed by atoms with E-state index in [1.54, 1.807) is 18.2 Å². The molecule has 1 heterocycles. The number of benzene rings is 3. The van der Waals surface area contributed by atoms with E-state index in [0.717, 1.165) is 24.3 Å². The van der Waals surface area contributed by atoms with Crippen LogP contribution in [-0.4, -0.2) is 48.7 Å². The first-order chi connectivity index (χ1) is 23.7. The molecule has 1 unspecified atom stereocenters. The minimum atomic E-state index is -5.08. The van der Waals surface area contributed by atoms with E-state index in [1.165, 1.54) is 31.1 Å². The van der Waals surface area contributed by atoms with Gasteiger partial charge in [-0.15, -0.1) is 0 Å². The molecule has 9 nitrogen and oxygen atoms in total. The van der Waals surface area contributed by atoms with Crippen LogP contribution in [0.25, 0.3) is 16.7 Å². The van der Waals surface area contributed by atoms with Crippen molar-refractivity contribution in [2.45, 2.75) is 64.5 Å². The van der Waals surface area contributed by atoms with Gasteiger partial charge in [-0.2, -0.15) is 26.3 Å². The van der Waals surface area contributed by atoms with Crippen molar-refractivity contribution in [1.82, 2.24) is 4.90 Å². The number of hydrogen-bond acceptors (Lipinski definition) is 7. The monoisotopic (exact) mass is 720 g/mol. The normalized spacial score (nSPS) is 19.2. The van der Waals surface area contributed by atoms with Crippen molar-refractivity contribution in [2.75, 3.05) is 20.8 Å². The lowest BCUT2D eigenvalue weighted by atomic mass is 9.72. The summed E-state index contributed by atoms with van der Waals surface area (Å²) in [5, 5.41) is 12.1. The van der Waals surface area contributed by atoms with Crippen LogP contribution in [0.3, 0.4) is 0 Å². The largest absolute Gasteiger partial charge is 0.496 e. The van der Waals surface area contributed by atoms with E-state index in [9.17, 15) is 46.0 Å². The predicted octanol–water partition coefficient (Wildman–Crippen LogP) is 9.64. The highest BCUT2D eigenvalue weighted by Crippen LogP contribution is 2.47. The fraction of sp³-hybridized carbons (Fsp3) is 0.389. The molecule has 0 saturated carbocycles. The quantitative estimate of drug-likeness (QED) is 0.0987. The number of alkyl halides is 6. The summed E-state index contributed by atoms with van der Waals surface area (Å²) in [5.41, 5.74) is -1.31. The van der Waals surface area contributed by atoms with Crippen molar-refractivity contribution in [3.63, 3.8) is 0 Å². The van der Waals surface area contributed by atoms with Gasteiger partial charge in [-0.05, 0) is 96.3 Å². The van der Waals surface area contributed by atoms with Gasteiger partial charge in [0.2, 0.25) is 0 Å². The lowest BCUT2D eigenvalue weighted by Crippen LogP contribution is -2.35. The average Bonchev–Trinajstić information content (AvgIpc) is 3.34. The number of methoxy groups -OCH3 is 2. The summed E-state index contributed by atoms with van der Waals surface area (Å²) in [6.45, 7) is 5.50. The lowest BCUT2D eigenvalue weighted by Gasteiger charge is -2.36. The first-order valence-corrected chi connectivity index (χ1v) is 15.8. The Bertz CT molecular complexity index is 1890. The molecule has 1 aliphatic heterocycles. The molecule has 0 spiro atoms. The fourth-order valence-electron chi connectivity index (χ4n) is 6.68. The Balaban J connectivity index is 1.57. The Labute approximate surface area is 288 Å². The van der Waals surface area contributed by atoms with Crippen LogP contribution < -0.4 is 4.74 Å². The summed E-state index contributed by atoms with van der Waals surface area (Å²) in [5.74, 6) is -0.316. The van der Waals surface area contributed by atoms with Crippen molar-refractivity contribution in [3.05, 3.63) is 98.1 Å². The van der Waals surface area contributed by atoms with Crippen LogP contribution in [-0.2, 0) is 21.8 Å². The molecular formula is C36H34F6N2O7. The molecule has 0 bridgehead atoms. The molecule has 1 amide bonds. The summed E-state index contributed by atoms with van der Waals surface area (Å²) in [6, 6.07) is 9.15. The molecule has 272 valence electrons. The van der Waals surface area contributed by atoms with Crippen LogP contribution >= 0.6 is 0 Å². The van der Waals surface area contributed by atoms with E-state index in [0.29, 0.717) is 48.3 Å². The van der Waals surface area contributed by atoms with Gasteiger partial charge in [0.15, 0.2) is 0 Å². The molecule has 1 saturated heterocycles. The summed E-state index contributed by atoms with van der Waals surface area (Å²) < 4.78 is 97.6. The van der Waals surface area contributed by atoms with Gasteiger partial charge >= 0.3 is 24.4 Å². The van der Waals surface area contributed by atoms with Gasteiger partial charge in [-0.1, -0.05) is 19.9 Å². The molecule has 0 radical (unpaired) electrons. The van der Waals surface area contributed by atoms with Gasteiger partial charge in [-0.3, -0.25) is 15.0 Å². The maximum Gasteiger partial charge on any atom is 0.416 e. The molecular weight excluding hydrogens is 686 g/mol. The molecule has 3 aromatic rings. The molecule has 3 aromatic carbocycles. The molecule has 1 fully saturated rings. The maximum atomic E-state index is 13.6. The minimum absolute atomic E-state index is 0.00845. The number of hydrogen-bond donors (Lipinski definition) is 0. The SMILES string of the molecule is COC(=O)c1ccc(-c2ccc(OC)c(C3=C(CN4C(=O)OC(c5cc(C(F)(F)F)cc(C(F)(F)F)c5)[C@@H]4C)CC(C)(C)CC3)c2)c([N+](=O)[O-])c1. The first-order valence-electron chi connectivity index (χ1n) is 15.8. The van der Waals surface area contributed by atoms with Crippen molar-refractivity contribution in [1.29, 1.82) is 0 Å². The molecule has 5 rings (SSSR count). The van der Waals surface area contributed by atoms with Crippen LogP contribution in [0.15, 0.2) is 60.2 Å². The molecule has 0 aromatic heterocycles. The Hall–Kier alpha value is -5.08. The second kappa shape index (κ2) is 13.6. The van der Waals surface area contributed by atoms with E-state index in [2.05, 4.69) is 0 Å². The molecule has 51 heavy (non-hydrogen) atoms. The maximum absolute atomic E-state index is 13.6. The third-order valence-corrected chi connectivity index (χ3v) is 9.31. The van der Waals surface area contributed by atoms with Crippen molar-refractivity contribution >= 4 is 23.3 Å². The zero-order chi connectivity index (χ0) is 37.6. The lowest BCUT2D eigenvalue weighted by molar-refractivity contribution is -0.384. The Kier molecular flexibility index (Phi) is 9.89. The van der Waals surface area contributed by atoms with Gasteiger partial charge in [0.1, 0.15) is 11.9 Å². The summed E-state index contributed by atoms with van der Waals surface area (Å²) >= 11 is 0. The van der Waals surface area contributed by atoms with Crippen LogP contribution in [0.1, 0.15) is 78.7 Å². The van der Waals surface area contributed by atoms with Gasteiger partial charge in [0, 0.05) is 18.2 Å². The number of rotatable bonds is 8. The number of halogens is 6. The standard InChI is InChI=1S/C36H34F6N2O7/c1-19-31(22-12-24(35(37,38)39)16-25(13-22)36(40,41)42)51-33(46)43(19)18-23-17-34(2,3)11-10-26(23)28-14-20(7-9-30(28)49-4)27-8-6-21(32(45)50-5)15-29(27)44(47)48/h6-9,12-16,19,31H,10-11,17-18H2,1-5H3/t19-,31?/m0/s1. The van der Waals surface area contributed by atoms with E-state index < -0.39 is 58.2 Å². The van der Waals surface area contributed by atoms with Crippen molar-refractivity contribution in [2.24, 2.45) is 5.41 Å². The van der Waals surface area contributed by atoms with Crippen LogP contribution in [0.2, 0.25) is 0 Å². The number of allylic oxidation sites excluding steroid dienone is 1. The molecule has 1 aliphatic carbocycles. The first kappa shape index (κ1) is 37.2. The summed E-state index contributed by atoms with van der Waals surface area (Å²) in [4.78, 5) is 38.1. The average molecular weight is 721 g/mol. The zero-order valence-electron chi connectivity index (χ0n) is 28.2. The number of nitro groups is 1. The number of nitro benzene ring substituents is 1. The number of cyclic esters (lactones) is 1. The zero-order valence-corrected chi connectivity index (χ0v) is 28.2. The highest BCUT2D eigenvalue weighted by molar-refractivity contribution is 5.92. The van der Waals surface area contributed by atoms with Crippen molar-refractivity contribution < 1.29 is 55.1 Å². The van der Waals surface area contributed by atoms with Crippen LogP contribution in [0.5, 0.6) is 5.75 Å². The number of nitrogens with zero attached hydrogens (tertiary/aromatic N) is 2. The number of esters is 1. The molecule has 15 heteroatoms. The third-order valence-electron chi connectivity index (χ3n) is 9.31. The van der Waals surface area contributed by atoms with Gasteiger partial charge in [0.05, 0.1) is 47.4 Å². The minimum Gasteiger partial charge on any atom is -0.496 e. The third kappa shape index (κ3) is 7.66. The Morgan fingerprint density at radius 1 is 0.980 bits per heavy atom. The number of carbonyl (C=O) groups is 2. The number of amides is 1. The topological polar surface area (TPSA) is 108 Å². The smallest absolute Gasteiger partial charge is 0.416 e. The van der Waals surface area contributed by atoms with E-state index in [-0.39, 0.29) is 34.8 Å². The summed E-state index contributed by atoms with van der Waals surface area (Å²) in [6.07, 6.45) is -10.8. The predicted molar refractivity (Wildman–Crippen MR) is 173 cm³/mol. The van der Waals surface area contributed by atoms with Crippen LogP contribution in [0, 0.1) is 15.5 Å². The van der Waals surface area contributed by atoms with E-state index in [4.69, 9.17) is 14.2 Å². The van der Waals surface area contributed by atoms with Gasteiger partial charge in [0.25, 0.3) is 5.69 Å². The highest BCUT2D eigenvalue weighted by atomic mass is 19.4. The molecule has 2 aliphatic rings.